The molecule has 1 aromatic carbocycles. The molecular weight excluding hydrogens is 437 g/mol. The van der Waals surface area contributed by atoms with Gasteiger partial charge in [0.25, 0.3) is 0 Å². The highest BCUT2D eigenvalue weighted by molar-refractivity contribution is 5.79. The van der Waals surface area contributed by atoms with Crippen molar-refractivity contribution in [3.05, 3.63) is 34.9 Å². The SMILES string of the molecule is CC1=C[C@]23CCCN2CCc2cc4c(cc2[C@@H]3C1OC(=O)C(C)(O)CCCC(C)(C)F)OCO4. The number of benzene rings is 1. The molecule has 0 bridgehead atoms. The molecule has 2 unspecified atom stereocenters. The van der Waals surface area contributed by atoms with Crippen LogP contribution in [0, 0.1) is 0 Å². The van der Waals surface area contributed by atoms with Crippen molar-refractivity contribution in [2.75, 3.05) is 19.9 Å². The maximum Gasteiger partial charge on any atom is 0.338 e. The van der Waals surface area contributed by atoms with Crippen LogP contribution in [0.25, 0.3) is 0 Å². The third-order valence-corrected chi connectivity index (χ3v) is 8.09. The van der Waals surface area contributed by atoms with Gasteiger partial charge in [0.05, 0.1) is 5.54 Å². The molecule has 4 atom stereocenters. The van der Waals surface area contributed by atoms with Crippen molar-refractivity contribution in [2.24, 2.45) is 0 Å². The quantitative estimate of drug-likeness (QED) is 0.487. The van der Waals surface area contributed by atoms with Gasteiger partial charge in [0.2, 0.25) is 6.79 Å². The summed E-state index contributed by atoms with van der Waals surface area (Å²) in [7, 11) is 0. The van der Waals surface area contributed by atoms with Crippen LogP contribution in [-0.2, 0) is 16.0 Å². The van der Waals surface area contributed by atoms with E-state index in [4.69, 9.17) is 14.2 Å². The predicted octanol–water partition coefficient (Wildman–Crippen LogP) is 4.43. The largest absolute Gasteiger partial charge is 0.455 e. The van der Waals surface area contributed by atoms with Gasteiger partial charge in [-0.1, -0.05) is 6.08 Å². The predicted molar refractivity (Wildman–Crippen MR) is 126 cm³/mol. The monoisotopic (exact) mass is 473 g/mol. The molecule has 1 N–H and O–H groups in total. The highest BCUT2D eigenvalue weighted by Gasteiger charge is 2.57. The Bertz CT molecular complexity index is 1010. The lowest BCUT2D eigenvalue weighted by Gasteiger charge is -2.40. The standard InChI is InChI=1S/C27H36FNO5/c1-17-15-27-10-6-11-29(27)12-7-18-13-20-21(33-16-32-20)14-19(18)22(27)23(17)34-24(30)26(4,31)9-5-8-25(2,3)28/h13-15,22-23,31H,5-12,16H2,1-4H3/t22-,23?,26?,27+/m1/s1. The van der Waals surface area contributed by atoms with E-state index in [1.165, 1.54) is 26.3 Å². The van der Waals surface area contributed by atoms with E-state index in [0.717, 1.165) is 55.0 Å². The molecule has 34 heavy (non-hydrogen) atoms. The summed E-state index contributed by atoms with van der Waals surface area (Å²) in [6.07, 6.45) is 5.65. The number of nitrogens with zero attached hydrogens (tertiary/aromatic N) is 1. The van der Waals surface area contributed by atoms with Crippen molar-refractivity contribution >= 4 is 5.97 Å². The van der Waals surface area contributed by atoms with Crippen LogP contribution in [0.4, 0.5) is 4.39 Å². The summed E-state index contributed by atoms with van der Waals surface area (Å²) >= 11 is 0. The van der Waals surface area contributed by atoms with Gasteiger partial charge in [0, 0.05) is 12.5 Å². The third-order valence-electron chi connectivity index (χ3n) is 8.09. The van der Waals surface area contributed by atoms with E-state index < -0.39 is 23.3 Å². The van der Waals surface area contributed by atoms with Crippen molar-refractivity contribution in [2.45, 2.75) is 95.1 Å². The first-order valence-electron chi connectivity index (χ1n) is 12.5. The number of ether oxygens (including phenoxy) is 3. The maximum atomic E-state index is 13.9. The smallest absolute Gasteiger partial charge is 0.338 e. The number of carbonyl (C=O) groups is 1. The molecule has 0 radical (unpaired) electrons. The van der Waals surface area contributed by atoms with Crippen LogP contribution >= 0.6 is 0 Å². The van der Waals surface area contributed by atoms with Gasteiger partial charge in [-0.3, -0.25) is 4.90 Å². The minimum absolute atomic E-state index is 0.0773. The third kappa shape index (κ3) is 4.01. The molecule has 4 aliphatic rings. The topological polar surface area (TPSA) is 68.2 Å². The fourth-order valence-corrected chi connectivity index (χ4v) is 6.40. The van der Waals surface area contributed by atoms with Crippen molar-refractivity contribution in [3.8, 4) is 11.5 Å². The number of rotatable bonds is 6. The Morgan fingerprint density at radius 3 is 2.71 bits per heavy atom. The molecule has 0 aromatic heterocycles. The summed E-state index contributed by atoms with van der Waals surface area (Å²) < 4.78 is 31.4. The number of alkyl halides is 1. The number of hydrogen-bond donors (Lipinski definition) is 1. The lowest BCUT2D eigenvalue weighted by atomic mass is 9.77. The van der Waals surface area contributed by atoms with E-state index in [9.17, 15) is 14.3 Å². The van der Waals surface area contributed by atoms with E-state index in [0.29, 0.717) is 6.42 Å². The first-order valence-corrected chi connectivity index (χ1v) is 12.5. The van der Waals surface area contributed by atoms with E-state index in [1.54, 1.807) is 0 Å². The van der Waals surface area contributed by atoms with Gasteiger partial charge in [-0.05, 0) is 102 Å². The molecule has 0 saturated carbocycles. The Labute approximate surface area is 201 Å². The first-order chi connectivity index (χ1) is 16.0. The molecule has 0 amide bonds. The minimum atomic E-state index is -1.67. The summed E-state index contributed by atoms with van der Waals surface area (Å²) in [5, 5.41) is 10.9. The van der Waals surface area contributed by atoms with Gasteiger partial charge in [-0.2, -0.15) is 0 Å². The Kier molecular flexibility index (Phi) is 5.72. The van der Waals surface area contributed by atoms with Gasteiger partial charge in [0.1, 0.15) is 11.8 Å². The van der Waals surface area contributed by atoms with Crippen LogP contribution in [0.5, 0.6) is 11.5 Å². The number of fused-ring (bicyclic) bond motifs is 3. The molecule has 6 nitrogen and oxygen atoms in total. The fraction of sp³-hybridized carbons (Fsp3) is 0.667. The summed E-state index contributed by atoms with van der Waals surface area (Å²) in [6.45, 7) is 8.68. The zero-order valence-electron chi connectivity index (χ0n) is 20.7. The highest BCUT2D eigenvalue weighted by atomic mass is 19.1. The molecule has 1 aliphatic carbocycles. The second kappa shape index (κ2) is 8.23. The van der Waals surface area contributed by atoms with Crippen LogP contribution in [0.3, 0.4) is 0 Å². The van der Waals surface area contributed by atoms with Crippen LogP contribution in [-0.4, -0.2) is 58.8 Å². The average Bonchev–Trinajstić information content (AvgIpc) is 3.41. The normalized spacial score (nSPS) is 29.5. The number of halogens is 1. The number of aliphatic hydroxyl groups is 1. The summed E-state index contributed by atoms with van der Waals surface area (Å²) in [6, 6.07) is 4.15. The molecule has 186 valence electrons. The van der Waals surface area contributed by atoms with Crippen LogP contribution in [0.15, 0.2) is 23.8 Å². The second-order valence-electron chi connectivity index (χ2n) is 11.3. The maximum absolute atomic E-state index is 13.9. The molecule has 7 heteroatoms. The molecule has 1 aromatic rings. The zero-order chi connectivity index (χ0) is 24.3. The van der Waals surface area contributed by atoms with Crippen LogP contribution < -0.4 is 9.47 Å². The second-order valence-corrected chi connectivity index (χ2v) is 11.3. The van der Waals surface area contributed by atoms with Crippen LogP contribution in [0.1, 0.15) is 76.8 Å². The van der Waals surface area contributed by atoms with Crippen molar-refractivity contribution in [1.29, 1.82) is 0 Å². The Hall–Kier alpha value is -2.12. The van der Waals surface area contributed by atoms with E-state index >= 15 is 0 Å². The highest BCUT2D eigenvalue weighted by Crippen LogP contribution is 2.55. The van der Waals surface area contributed by atoms with Gasteiger partial charge >= 0.3 is 5.97 Å². The minimum Gasteiger partial charge on any atom is -0.455 e. The van der Waals surface area contributed by atoms with E-state index in [2.05, 4.69) is 23.1 Å². The average molecular weight is 474 g/mol. The number of hydrogen-bond acceptors (Lipinski definition) is 6. The summed E-state index contributed by atoms with van der Waals surface area (Å²) in [5.41, 5.74) is 0.134. The van der Waals surface area contributed by atoms with Gasteiger partial charge < -0.3 is 19.3 Å². The van der Waals surface area contributed by atoms with Gasteiger partial charge in [-0.25, -0.2) is 9.18 Å². The molecular formula is C27H36FNO5. The molecule has 3 aliphatic heterocycles. The Balaban J connectivity index is 1.45. The molecule has 5 rings (SSSR count). The van der Waals surface area contributed by atoms with Crippen molar-refractivity contribution in [3.63, 3.8) is 0 Å². The lowest BCUT2D eigenvalue weighted by molar-refractivity contribution is -0.170. The first kappa shape index (κ1) is 23.6. The summed E-state index contributed by atoms with van der Waals surface area (Å²) in [4.78, 5) is 15.8. The van der Waals surface area contributed by atoms with E-state index in [-0.39, 0.29) is 31.1 Å². The lowest BCUT2D eigenvalue weighted by Crippen LogP contribution is -2.48. The Morgan fingerprint density at radius 2 is 1.97 bits per heavy atom. The van der Waals surface area contributed by atoms with Crippen molar-refractivity contribution < 1.29 is 28.5 Å². The van der Waals surface area contributed by atoms with E-state index in [1.807, 2.05) is 6.92 Å². The number of esters is 1. The fourth-order valence-electron chi connectivity index (χ4n) is 6.40. The molecule has 1 spiro atoms. The van der Waals surface area contributed by atoms with Crippen molar-refractivity contribution in [1.82, 2.24) is 4.90 Å². The molecule has 1 saturated heterocycles. The van der Waals surface area contributed by atoms with Crippen LogP contribution in [0.2, 0.25) is 0 Å². The van der Waals surface area contributed by atoms with Gasteiger partial charge in [0.15, 0.2) is 17.1 Å². The Morgan fingerprint density at radius 1 is 1.24 bits per heavy atom. The van der Waals surface area contributed by atoms with Gasteiger partial charge in [-0.15, -0.1) is 0 Å². The molecule has 1 fully saturated rings. The summed E-state index contributed by atoms with van der Waals surface area (Å²) in [5.74, 6) is 0.780. The molecule has 3 heterocycles. The number of carbonyl (C=O) groups excluding carboxylic acids is 1. The zero-order valence-corrected chi connectivity index (χ0v) is 20.7.